The standard InChI is InChI=1S/C29H19N3/c1-2-10-20(11-3-1)32-25-16-6-4-12-21(25)29(22-13-5-7-17-26(22)32)23-14-8-18-30-27(23)28-24(29)15-9-19-31-28/h1-19H. The van der Waals surface area contributed by atoms with Gasteiger partial charge < -0.3 is 4.90 Å². The first-order valence-electron chi connectivity index (χ1n) is 10.9. The zero-order chi connectivity index (χ0) is 21.1. The van der Waals surface area contributed by atoms with E-state index < -0.39 is 5.41 Å². The van der Waals surface area contributed by atoms with Crippen molar-refractivity contribution in [2.24, 2.45) is 0 Å². The van der Waals surface area contributed by atoms with Crippen molar-refractivity contribution in [3.8, 4) is 11.4 Å². The Morgan fingerprint density at radius 2 is 0.938 bits per heavy atom. The van der Waals surface area contributed by atoms with E-state index in [0.717, 1.165) is 17.1 Å². The summed E-state index contributed by atoms with van der Waals surface area (Å²) >= 11 is 0. The second-order valence-corrected chi connectivity index (χ2v) is 8.25. The second-order valence-electron chi connectivity index (χ2n) is 8.25. The van der Waals surface area contributed by atoms with Crippen LogP contribution < -0.4 is 4.90 Å². The minimum absolute atomic E-state index is 0.453. The van der Waals surface area contributed by atoms with E-state index in [4.69, 9.17) is 9.97 Å². The number of nitrogens with zero attached hydrogens (tertiary/aromatic N) is 3. The molecule has 1 aliphatic carbocycles. The van der Waals surface area contributed by atoms with Crippen LogP contribution in [0.15, 0.2) is 116 Å². The predicted octanol–water partition coefficient (Wildman–Crippen LogP) is 6.62. The highest BCUT2D eigenvalue weighted by molar-refractivity contribution is 5.93. The Morgan fingerprint density at radius 1 is 0.469 bits per heavy atom. The molecule has 7 rings (SSSR count). The summed E-state index contributed by atoms with van der Waals surface area (Å²) < 4.78 is 0. The van der Waals surface area contributed by atoms with Crippen molar-refractivity contribution in [2.75, 3.05) is 4.90 Å². The maximum Gasteiger partial charge on any atom is 0.0937 e. The van der Waals surface area contributed by atoms with Crippen molar-refractivity contribution in [3.63, 3.8) is 0 Å². The molecule has 5 aromatic rings. The van der Waals surface area contributed by atoms with E-state index in [2.05, 4.69) is 95.9 Å². The first-order valence-corrected chi connectivity index (χ1v) is 10.9. The lowest BCUT2D eigenvalue weighted by atomic mass is 9.65. The van der Waals surface area contributed by atoms with Crippen LogP contribution in [0.4, 0.5) is 17.1 Å². The summed E-state index contributed by atoms with van der Waals surface area (Å²) in [5, 5.41) is 0. The summed E-state index contributed by atoms with van der Waals surface area (Å²) in [4.78, 5) is 12.0. The van der Waals surface area contributed by atoms with Crippen molar-refractivity contribution in [1.82, 2.24) is 9.97 Å². The van der Waals surface area contributed by atoms with Gasteiger partial charge in [0.05, 0.1) is 28.2 Å². The van der Waals surface area contributed by atoms with Crippen molar-refractivity contribution in [1.29, 1.82) is 0 Å². The molecule has 0 unspecified atom stereocenters. The number of hydrogen-bond acceptors (Lipinski definition) is 3. The van der Waals surface area contributed by atoms with Gasteiger partial charge in [0.1, 0.15) is 0 Å². The lowest BCUT2D eigenvalue weighted by Crippen LogP contribution is -2.36. The summed E-state index contributed by atoms with van der Waals surface area (Å²) in [5.41, 5.74) is 9.91. The summed E-state index contributed by atoms with van der Waals surface area (Å²) in [6.45, 7) is 0. The summed E-state index contributed by atoms with van der Waals surface area (Å²) in [7, 11) is 0. The third-order valence-corrected chi connectivity index (χ3v) is 6.76. The number of aromatic nitrogens is 2. The Kier molecular flexibility index (Phi) is 3.48. The summed E-state index contributed by atoms with van der Waals surface area (Å²) in [6, 6.07) is 36.6. The van der Waals surface area contributed by atoms with Crippen LogP contribution in [-0.4, -0.2) is 9.97 Å². The molecule has 2 aromatic heterocycles. The topological polar surface area (TPSA) is 29.0 Å². The van der Waals surface area contributed by atoms with Crippen LogP contribution in [0.3, 0.4) is 0 Å². The van der Waals surface area contributed by atoms with E-state index in [0.29, 0.717) is 0 Å². The number of fused-ring (bicyclic) bond motifs is 9. The first kappa shape index (κ1) is 17.4. The second kappa shape index (κ2) is 6.38. The molecule has 0 atom stereocenters. The van der Waals surface area contributed by atoms with Crippen LogP contribution in [0.5, 0.6) is 0 Å². The van der Waals surface area contributed by atoms with Gasteiger partial charge in [0, 0.05) is 18.1 Å². The Hall–Kier alpha value is -4.24. The van der Waals surface area contributed by atoms with Crippen molar-refractivity contribution < 1.29 is 0 Å². The highest BCUT2D eigenvalue weighted by Crippen LogP contribution is 2.62. The molecule has 0 N–H and O–H groups in total. The Morgan fingerprint density at radius 3 is 1.50 bits per heavy atom. The lowest BCUT2D eigenvalue weighted by Gasteiger charge is -2.44. The average Bonchev–Trinajstić information content (AvgIpc) is 3.16. The molecule has 3 aromatic carbocycles. The number of anilines is 3. The highest BCUT2D eigenvalue weighted by atomic mass is 15.2. The normalized spacial score (nSPS) is 14.4. The number of para-hydroxylation sites is 3. The Bertz CT molecular complexity index is 1390. The van der Waals surface area contributed by atoms with Crippen LogP contribution in [0.1, 0.15) is 22.3 Å². The molecule has 1 aliphatic heterocycles. The zero-order valence-corrected chi connectivity index (χ0v) is 17.3. The maximum absolute atomic E-state index is 4.80. The van der Waals surface area contributed by atoms with Gasteiger partial charge in [-0.2, -0.15) is 0 Å². The molecule has 2 aliphatic rings. The number of hydrogen-bond donors (Lipinski definition) is 0. The zero-order valence-electron chi connectivity index (χ0n) is 17.3. The van der Waals surface area contributed by atoms with Gasteiger partial charge >= 0.3 is 0 Å². The van der Waals surface area contributed by atoms with E-state index in [9.17, 15) is 0 Å². The number of benzene rings is 3. The number of pyridine rings is 2. The molecular weight excluding hydrogens is 390 g/mol. The molecule has 0 fully saturated rings. The molecule has 3 heteroatoms. The monoisotopic (exact) mass is 409 g/mol. The lowest BCUT2D eigenvalue weighted by molar-refractivity contribution is 0.749. The van der Waals surface area contributed by atoms with Gasteiger partial charge in [0.25, 0.3) is 0 Å². The summed E-state index contributed by atoms with van der Waals surface area (Å²) in [5.74, 6) is 0. The third-order valence-electron chi connectivity index (χ3n) is 6.76. The summed E-state index contributed by atoms with van der Waals surface area (Å²) in [6.07, 6.45) is 3.74. The quantitative estimate of drug-likeness (QED) is 0.305. The number of rotatable bonds is 1. The Labute approximate surface area is 186 Å². The third kappa shape index (κ3) is 2.05. The van der Waals surface area contributed by atoms with Gasteiger partial charge in [-0.1, -0.05) is 66.7 Å². The molecule has 150 valence electrons. The fraction of sp³-hybridized carbons (Fsp3) is 0.0345. The molecule has 32 heavy (non-hydrogen) atoms. The molecule has 0 saturated heterocycles. The molecule has 0 bridgehead atoms. The minimum atomic E-state index is -0.453. The van der Waals surface area contributed by atoms with Gasteiger partial charge in [-0.05, 0) is 58.7 Å². The van der Waals surface area contributed by atoms with E-state index in [1.165, 1.54) is 33.6 Å². The van der Waals surface area contributed by atoms with Crippen LogP contribution in [0, 0.1) is 0 Å². The smallest absolute Gasteiger partial charge is 0.0937 e. The van der Waals surface area contributed by atoms with Gasteiger partial charge in [-0.15, -0.1) is 0 Å². The molecule has 1 spiro atoms. The van der Waals surface area contributed by atoms with Crippen molar-refractivity contribution in [3.05, 3.63) is 138 Å². The minimum Gasteiger partial charge on any atom is -0.310 e. The fourth-order valence-electron chi connectivity index (χ4n) is 5.62. The average molecular weight is 409 g/mol. The van der Waals surface area contributed by atoms with Crippen LogP contribution in [0.25, 0.3) is 11.4 Å². The van der Waals surface area contributed by atoms with Crippen molar-refractivity contribution in [2.45, 2.75) is 5.41 Å². The largest absolute Gasteiger partial charge is 0.310 e. The molecule has 0 saturated carbocycles. The molecule has 0 radical (unpaired) electrons. The van der Waals surface area contributed by atoms with Crippen LogP contribution in [-0.2, 0) is 5.41 Å². The van der Waals surface area contributed by atoms with E-state index in [1.807, 2.05) is 24.5 Å². The molecule has 0 amide bonds. The van der Waals surface area contributed by atoms with Crippen LogP contribution in [0.2, 0.25) is 0 Å². The predicted molar refractivity (Wildman–Crippen MR) is 128 cm³/mol. The first-order chi connectivity index (χ1) is 15.9. The van der Waals surface area contributed by atoms with Crippen LogP contribution >= 0.6 is 0 Å². The SMILES string of the molecule is c1ccc(N2c3ccccc3C3(c4ccccc42)c2cccnc2-c2ncccc23)cc1. The fourth-order valence-corrected chi connectivity index (χ4v) is 5.62. The van der Waals surface area contributed by atoms with E-state index >= 15 is 0 Å². The van der Waals surface area contributed by atoms with E-state index in [-0.39, 0.29) is 0 Å². The highest BCUT2D eigenvalue weighted by Gasteiger charge is 2.52. The maximum atomic E-state index is 4.80. The van der Waals surface area contributed by atoms with Gasteiger partial charge in [0.2, 0.25) is 0 Å². The molecule has 3 nitrogen and oxygen atoms in total. The molecule has 3 heterocycles. The Balaban J connectivity index is 1.67. The van der Waals surface area contributed by atoms with E-state index in [1.54, 1.807) is 0 Å². The molecular formula is C29H19N3. The van der Waals surface area contributed by atoms with Gasteiger partial charge in [-0.25, -0.2) is 0 Å². The van der Waals surface area contributed by atoms with Gasteiger partial charge in [0.15, 0.2) is 0 Å². The van der Waals surface area contributed by atoms with Gasteiger partial charge in [-0.3, -0.25) is 9.97 Å². The van der Waals surface area contributed by atoms with Crippen molar-refractivity contribution >= 4 is 17.1 Å².